The van der Waals surface area contributed by atoms with E-state index in [1.165, 1.54) is 12.1 Å². The molecule has 0 saturated carbocycles. The Kier molecular flexibility index (Phi) is 6.09. The lowest BCUT2D eigenvalue weighted by Gasteiger charge is -2.28. The van der Waals surface area contributed by atoms with E-state index < -0.39 is 7.29 Å². The van der Waals surface area contributed by atoms with Gasteiger partial charge in [0.05, 0.1) is 24.0 Å². The summed E-state index contributed by atoms with van der Waals surface area (Å²) < 4.78 is 46.7. The molecule has 0 fully saturated rings. The first-order chi connectivity index (χ1) is 18.3. The summed E-state index contributed by atoms with van der Waals surface area (Å²) in [5.41, 5.74) is 4.17. The Balaban J connectivity index is 1.47. The van der Waals surface area contributed by atoms with Gasteiger partial charge < -0.3 is 28.1 Å². The first-order valence-electron chi connectivity index (χ1n) is 12.4. The molecule has 0 saturated heterocycles. The second-order valence-corrected chi connectivity index (χ2v) is 12.7. The average molecular weight is 532 g/mol. The van der Waals surface area contributed by atoms with Crippen molar-refractivity contribution in [1.29, 1.82) is 0 Å². The molecule has 1 N–H and O–H groups in total. The lowest BCUT2D eigenvalue weighted by atomic mass is 10.0. The van der Waals surface area contributed by atoms with Crippen molar-refractivity contribution in [3.8, 4) is 34.2 Å². The van der Waals surface area contributed by atoms with Crippen LogP contribution in [0, 0.1) is 5.82 Å². The van der Waals surface area contributed by atoms with Crippen molar-refractivity contribution in [2.45, 2.75) is 13.0 Å². The molecule has 1 unspecified atom stereocenters. The predicted octanol–water partition coefficient (Wildman–Crippen LogP) is 7.86. The second-order valence-electron chi connectivity index (χ2n) is 9.66. The van der Waals surface area contributed by atoms with Crippen LogP contribution in [0.1, 0.15) is 18.6 Å². The largest absolute Gasteiger partial charge is 0.457 e. The van der Waals surface area contributed by atoms with Crippen LogP contribution in [0.5, 0.6) is 11.5 Å². The summed E-state index contributed by atoms with van der Waals surface area (Å²) in [5.74, 6) is 2.18. The third-order valence-electron chi connectivity index (χ3n) is 6.71. The number of aromatic amines is 1. The molecule has 9 heteroatoms. The standard InChI is InChI=1S/C29H27FN3O4P/c1-18-23-16-24-26(17-25(23)33(14-15-35-18)38(2,3)34)37-28(27(24)29-31-12-13-32-29)19-4-8-21(9-5-19)36-22-10-6-20(30)7-11-22/h4-13,16-18H,14-15H2,1-3H3,(H,31,32). The summed E-state index contributed by atoms with van der Waals surface area (Å²) in [7, 11) is -2.60. The normalized spacial score (nSPS) is 15.9. The number of nitrogens with one attached hydrogen (secondary N) is 1. The van der Waals surface area contributed by atoms with Crippen molar-refractivity contribution >= 4 is 23.9 Å². The van der Waals surface area contributed by atoms with Crippen LogP contribution >= 0.6 is 7.29 Å². The van der Waals surface area contributed by atoms with Gasteiger partial charge in [0.1, 0.15) is 34.5 Å². The molecular weight excluding hydrogens is 504 g/mol. The summed E-state index contributed by atoms with van der Waals surface area (Å²) in [6, 6.07) is 17.4. The average Bonchev–Trinajstić information content (AvgIpc) is 3.50. The Labute approximate surface area is 219 Å². The Morgan fingerprint density at radius 3 is 2.45 bits per heavy atom. The van der Waals surface area contributed by atoms with Crippen molar-refractivity contribution in [3.05, 3.63) is 84.4 Å². The summed E-state index contributed by atoms with van der Waals surface area (Å²) in [6.07, 6.45) is 3.31. The molecule has 0 amide bonds. The van der Waals surface area contributed by atoms with Gasteiger partial charge in [-0.1, -0.05) is 0 Å². The zero-order valence-electron chi connectivity index (χ0n) is 21.3. The van der Waals surface area contributed by atoms with Crippen LogP contribution < -0.4 is 9.41 Å². The molecule has 3 heterocycles. The van der Waals surface area contributed by atoms with Crippen molar-refractivity contribution in [2.24, 2.45) is 0 Å². The number of nitrogens with zero attached hydrogens (tertiary/aromatic N) is 2. The van der Waals surface area contributed by atoms with Gasteiger partial charge in [-0.05, 0) is 61.5 Å². The van der Waals surface area contributed by atoms with Gasteiger partial charge >= 0.3 is 0 Å². The monoisotopic (exact) mass is 531 g/mol. The molecule has 3 aromatic carbocycles. The number of hydrogen-bond acceptors (Lipinski definition) is 5. The first kappa shape index (κ1) is 24.5. The minimum absolute atomic E-state index is 0.170. The van der Waals surface area contributed by atoms with Crippen molar-refractivity contribution in [2.75, 3.05) is 31.2 Å². The van der Waals surface area contributed by atoms with Gasteiger partial charge in [0.15, 0.2) is 7.29 Å². The third-order valence-corrected chi connectivity index (χ3v) is 8.28. The molecule has 1 aliphatic heterocycles. The number of fused-ring (bicyclic) bond motifs is 2. The summed E-state index contributed by atoms with van der Waals surface area (Å²) in [6.45, 7) is 6.59. The van der Waals surface area contributed by atoms with Crippen LogP contribution in [-0.2, 0) is 9.30 Å². The second kappa shape index (κ2) is 9.46. The van der Waals surface area contributed by atoms with Crippen LogP contribution in [0.4, 0.5) is 10.1 Å². The minimum Gasteiger partial charge on any atom is -0.457 e. The van der Waals surface area contributed by atoms with Gasteiger partial charge in [-0.15, -0.1) is 0 Å². The van der Waals surface area contributed by atoms with E-state index in [0.717, 1.165) is 27.8 Å². The van der Waals surface area contributed by atoms with E-state index in [9.17, 15) is 8.96 Å². The van der Waals surface area contributed by atoms with Gasteiger partial charge in [-0.2, -0.15) is 0 Å². The fourth-order valence-electron chi connectivity index (χ4n) is 4.88. The van der Waals surface area contributed by atoms with Gasteiger partial charge in [0, 0.05) is 54.8 Å². The molecule has 2 aromatic heterocycles. The number of anilines is 1. The first-order valence-corrected chi connectivity index (χ1v) is 14.9. The molecule has 1 atom stereocenters. The quantitative estimate of drug-likeness (QED) is 0.233. The third kappa shape index (κ3) is 4.51. The van der Waals surface area contributed by atoms with E-state index in [0.29, 0.717) is 41.8 Å². The summed E-state index contributed by atoms with van der Waals surface area (Å²) in [4.78, 5) is 7.74. The van der Waals surface area contributed by atoms with Crippen molar-refractivity contribution in [1.82, 2.24) is 9.97 Å². The number of H-pyrrole nitrogens is 1. The Morgan fingerprint density at radius 1 is 1.08 bits per heavy atom. The van der Waals surface area contributed by atoms with Crippen molar-refractivity contribution in [3.63, 3.8) is 0 Å². The highest BCUT2D eigenvalue weighted by Gasteiger charge is 2.30. The highest BCUT2D eigenvalue weighted by atomic mass is 31.2. The predicted molar refractivity (Wildman–Crippen MR) is 147 cm³/mol. The maximum absolute atomic E-state index is 13.2. The number of imidazole rings is 1. The van der Waals surface area contributed by atoms with Gasteiger partial charge in [-0.25, -0.2) is 9.37 Å². The molecule has 1 aliphatic rings. The fraction of sp³-hybridized carbons (Fsp3) is 0.207. The lowest BCUT2D eigenvalue weighted by molar-refractivity contribution is 0.0769. The molecule has 38 heavy (non-hydrogen) atoms. The summed E-state index contributed by atoms with van der Waals surface area (Å²) in [5, 5.41) is 0.889. The summed E-state index contributed by atoms with van der Waals surface area (Å²) >= 11 is 0. The van der Waals surface area contributed by atoms with Gasteiger partial charge in [0.2, 0.25) is 0 Å². The molecule has 0 spiro atoms. The van der Waals surface area contributed by atoms with Crippen LogP contribution in [0.15, 0.2) is 77.5 Å². The molecule has 6 rings (SSSR count). The van der Waals surface area contributed by atoms with E-state index in [-0.39, 0.29) is 11.9 Å². The zero-order chi connectivity index (χ0) is 26.4. The molecule has 5 aromatic rings. The number of hydrogen-bond donors (Lipinski definition) is 1. The minimum atomic E-state index is -2.60. The maximum atomic E-state index is 13.2. The number of rotatable bonds is 5. The SMILES string of the molecule is CC1OCCN(P(C)(C)=O)c2cc3oc(-c4ccc(Oc5ccc(F)cc5)cc4)c(-c4ncc[nH]4)c3cc21. The van der Waals surface area contributed by atoms with Crippen LogP contribution in [0.25, 0.3) is 33.7 Å². The maximum Gasteiger partial charge on any atom is 0.166 e. The van der Waals surface area contributed by atoms with Gasteiger partial charge in [-0.3, -0.25) is 0 Å². The highest BCUT2D eigenvalue weighted by Crippen LogP contribution is 2.51. The Morgan fingerprint density at radius 2 is 1.79 bits per heavy atom. The topological polar surface area (TPSA) is 80.6 Å². The number of aromatic nitrogens is 2. The van der Waals surface area contributed by atoms with E-state index in [1.807, 2.05) is 41.9 Å². The molecule has 7 nitrogen and oxygen atoms in total. The smallest absolute Gasteiger partial charge is 0.166 e. The van der Waals surface area contributed by atoms with E-state index in [1.54, 1.807) is 37.9 Å². The van der Waals surface area contributed by atoms with Crippen LogP contribution in [-0.4, -0.2) is 36.4 Å². The zero-order valence-corrected chi connectivity index (χ0v) is 22.2. The van der Waals surface area contributed by atoms with Crippen LogP contribution in [0.3, 0.4) is 0 Å². The fourth-order valence-corrected chi connectivity index (χ4v) is 6.13. The van der Waals surface area contributed by atoms with E-state index in [4.69, 9.17) is 13.9 Å². The van der Waals surface area contributed by atoms with Gasteiger partial charge in [0.25, 0.3) is 0 Å². The molecule has 0 bridgehead atoms. The Bertz CT molecular complexity index is 1640. The highest BCUT2D eigenvalue weighted by molar-refractivity contribution is 7.64. The molecule has 0 radical (unpaired) electrons. The Hall–Kier alpha value is -3.87. The number of furan rings is 1. The van der Waals surface area contributed by atoms with E-state index in [2.05, 4.69) is 16.0 Å². The number of benzene rings is 3. The number of halogens is 1. The molecule has 194 valence electrons. The van der Waals surface area contributed by atoms with E-state index >= 15 is 0 Å². The number of ether oxygens (including phenoxy) is 2. The molecule has 0 aliphatic carbocycles. The van der Waals surface area contributed by atoms with Crippen molar-refractivity contribution < 1.29 is 22.8 Å². The molecular formula is C29H27FN3O4P. The van der Waals surface area contributed by atoms with Crippen LogP contribution in [0.2, 0.25) is 0 Å². The lowest BCUT2D eigenvalue weighted by Crippen LogP contribution is -2.22.